The minimum atomic E-state index is -0.0299. The lowest BCUT2D eigenvalue weighted by atomic mass is 9.99. The number of aromatic amines is 1. The van der Waals surface area contributed by atoms with Gasteiger partial charge in [-0.25, -0.2) is 9.78 Å². The molecule has 0 bridgehead atoms. The van der Waals surface area contributed by atoms with Crippen LogP contribution in [0.2, 0.25) is 0 Å². The quantitative estimate of drug-likeness (QED) is 0.432. The molecule has 35 heavy (non-hydrogen) atoms. The predicted molar refractivity (Wildman–Crippen MR) is 135 cm³/mol. The number of nitrogens with one attached hydrogen (secondary N) is 2. The Morgan fingerprint density at radius 1 is 1.06 bits per heavy atom. The highest BCUT2D eigenvalue weighted by Crippen LogP contribution is 2.29. The van der Waals surface area contributed by atoms with Crippen molar-refractivity contribution in [2.45, 2.75) is 32.4 Å². The number of ketones is 1. The van der Waals surface area contributed by atoms with E-state index in [1.165, 1.54) is 0 Å². The number of rotatable bonds is 4. The van der Waals surface area contributed by atoms with Crippen molar-refractivity contribution in [3.05, 3.63) is 83.2 Å². The van der Waals surface area contributed by atoms with Crippen molar-refractivity contribution >= 4 is 34.2 Å². The Morgan fingerprint density at radius 2 is 1.89 bits per heavy atom. The number of fused-ring (bicyclic) bond motifs is 2. The standard InChI is InChI=1S/C27H26N6O2/c1-17-12-20(13-21-15-29-31-25(17)21)26(34)18-6-9-28-24(14-18)32-10-7-22(8-11-32)33-16-19-4-2-3-5-23(19)30-27(33)35/h2-6,9,12-15,22H,7-8,10-11,16H2,1H3,(H,29,31)(H,30,35). The Hall–Kier alpha value is -4.20. The second kappa shape index (κ2) is 8.54. The van der Waals surface area contributed by atoms with Gasteiger partial charge in [0.15, 0.2) is 5.78 Å². The van der Waals surface area contributed by atoms with E-state index < -0.39 is 0 Å². The Kier molecular flexibility index (Phi) is 5.21. The first-order chi connectivity index (χ1) is 17.1. The van der Waals surface area contributed by atoms with Gasteiger partial charge in [-0.3, -0.25) is 9.89 Å². The van der Waals surface area contributed by atoms with Gasteiger partial charge in [-0.05, 0) is 61.2 Å². The molecule has 2 aromatic heterocycles. The fraction of sp³-hybridized carbons (Fsp3) is 0.259. The van der Waals surface area contributed by atoms with Crippen molar-refractivity contribution in [3.63, 3.8) is 0 Å². The highest BCUT2D eigenvalue weighted by atomic mass is 16.2. The Labute approximate surface area is 203 Å². The molecule has 6 rings (SSSR count). The topological polar surface area (TPSA) is 94.2 Å². The molecule has 4 aromatic rings. The monoisotopic (exact) mass is 466 g/mol. The Balaban J connectivity index is 1.16. The van der Waals surface area contributed by atoms with Gasteiger partial charge in [-0.15, -0.1) is 0 Å². The molecule has 8 heteroatoms. The van der Waals surface area contributed by atoms with E-state index in [1.807, 2.05) is 48.2 Å². The Morgan fingerprint density at radius 3 is 2.74 bits per heavy atom. The summed E-state index contributed by atoms with van der Waals surface area (Å²) in [5, 5.41) is 11.0. The first kappa shape index (κ1) is 21.3. The highest BCUT2D eigenvalue weighted by molar-refractivity contribution is 6.11. The number of urea groups is 1. The SMILES string of the molecule is Cc1cc(C(=O)c2ccnc(N3CCC(N4Cc5ccccc5NC4=O)CC3)c2)cc2cn[nH]c12. The first-order valence-electron chi connectivity index (χ1n) is 11.9. The van der Waals surface area contributed by atoms with Gasteiger partial charge in [0, 0.05) is 54.1 Å². The number of H-pyrrole nitrogens is 1. The highest BCUT2D eigenvalue weighted by Gasteiger charge is 2.31. The Bertz CT molecular complexity index is 1440. The first-order valence-corrected chi connectivity index (χ1v) is 11.9. The molecule has 0 unspecified atom stereocenters. The summed E-state index contributed by atoms with van der Waals surface area (Å²) in [6.07, 6.45) is 5.15. The van der Waals surface area contributed by atoms with E-state index in [9.17, 15) is 9.59 Å². The molecule has 176 valence electrons. The van der Waals surface area contributed by atoms with E-state index in [4.69, 9.17) is 0 Å². The fourth-order valence-electron chi connectivity index (χ4n) is 5.19. The summed E-state index contributed by atoms with van der Waals surface area (Å²) >= 11 is 0. The van der Waals surface area contributed by atoms with Gasteiger partial charge in [0.1, 0.15) is 5.82 Å². The van der Waals surface area contributed by atoms with E-state index in [-0.39, 0.29) is 17.9 Å². The summed E-state index contributed by atoms with van der Waals surface area (Å²) < 4.78 is 0. The summed E-state index contributed by atoms with van der Waals surface area (Å²) in [6.45, 7) is 4.16. The smallest absolute Gasteiger partial charge is 0.322 e. The van der Waals surface area contributed by atoms with Crippen LogP contribution in [0.3, 0.4) is 0 Å². The molecule has 1 saturated heterocycles. The number of anilines is 2. The number of carbonyl (C=O) groups excluding carboxylic acids is 2. The second-order valence-corrected chi connectivity index (χ2v) is 9.29. The molecule has 2 N–H and O–H groups in total. The molecule has 2 aliphatic heterocycles. The van der Waals surface area contributed by atoms with Gasteiger partial charge in [-0.2, -0.15) is 5.10 Å². The van der Waals surface area contributed by atoms with E-state index in [1.54, 1.807) is 18.5 Å². The number of hydrogen-bond donors (Lipinski definition) is 2. The van der Waals surface area contributed by atoms with Crippen molar-refractivity contribution < 1.29 is 9.59 Å². The van der Waals surface area contributed by atoms with Crippen LogP contribution < -0.4 is 10.2 Å². The van der Waals surface area contributed by atoms with E-state index in [0.717, 1.165) is 59.5 Å². The largest absolute Gasteiger partial charge is 0.356 e. The van der Waals surface area contributed by atoms with E-state index in [0.29, 0.717) is 17.7 Å². The van der Waals surface area contributed by atoms with Crippen LogP contribution in [0.5, 0.6) is 0 Å². The number of aromatic nitrogens is 3. The van der Waals surface area contributed by atoms with Gasteiger partial charge in [0.25, 0.3) is 0 Å². The summed E-state index contributed by atoms with van der Waals surface area (Å²) in [4.78, 5) is 34.7. The summed E-state index contributed by atoms with van der Waals surface area (Å²) in [7, 11) is 0. The maximum Gasteiger partial charge on any atom is 0.322 e. The predicted octanol–water partition coefficient (Wildman–Crippen LogP) is 4.51. The van der Waals surface area contributed by atoms with Crippen LogP contribution in [0.25, 0.3) is 10.9 Å². The lowest BCUT2D eigenvalue weighted by Gasteiger charge is -2.41. The molecular formula is C27H26N6O2. The van der Waals surface area contributed by atoms with E-state index >= 15 is 0 Å². The van der Waals surface area contributed by atoms with Crippen molar-refractivity contribution in [2.75, 3.05) is 23.3 Å². The van der Waals surface area contributed by atoms with Gasteiger partial charge in [0.2, 0.25) is 0 Å². The number of amides is 2. The molecule has 0 radical (unpaired) electrons. The summed E-state index contributed by atoms with van der Waals surface area (Å²) in [5.74, 6) is 0.766. The third-order valence-electron chi connectivity index (χ3n) is 7.11. The zero-order chi connectivity index (χ0) is 23.9. The minimum absolute atomic E-state index is 0.0293. The third kappa shape index (κ3) is 3.90. The fourth-order valence-corrected chi connectivity index (χ4v) is 5.19. The molecule has 0 spiro atoms. The van der Waals surface area contributed by atoms with Crippen molar-refractivity contribution in [1.29, 1.82) is 0 Å². The normalized spacial score (nSPS) is 16.3. The number of para-hydroxylation sites is 1. The van der Waals surface area contributed by atoms with E-state index in [2.05, 4.69) is 31.5 Å². The van der Waals surface area contributed by atoms with Crippen molar-refractivity contribution in [2.24, 2.45) is 0 Å². The minimum Gasteiger partial charge on any atom is -0.356 e. The average Bonchev–Trinajstić information content (AvgIpc) is 3.38. The zero-order valence-electron chi connectivity index (χ0n) is 19.5. The van der Waals surface area contributed by atoms with Gasteiger partial charge in [-0.1, -0.05) is 18.2 Å². The van der Waals surface area contributed by atoms with Crippen LogP contribution in [0, 0.1) is 6.92 Å². The number of pyridine rings is 1. The second-order valence-electron chi connectivity index (χ2n) is 9.29. The van der Waals surface area contributed by atoms with Crippen molar-refractivity contribution in [3.8, 4) is 0 Å². The number of benzene rings is 2. The summed E-state index contributed by atoms with van der Waals surface area (Å²) in [6, 6.07) is 15.5. The van der Waals surface area contributed by atoms with Crippen LogP contribution in [0.4, 0.5) is 16.3 Å². The molecule has 1 fully saturated rings. The molecule has 2 amide bonds. The lowest BCUT2D eigenvalue weighted by Crippen LogP contribution is -2.50. The van der Waals surface area contributed by atoms with Gasteiger partial charge >= 0.3 is 6.03 Å². The molecule has 0 saturated carbocycles. The molecule has 2 aromatic carbocycles. The van der Waals surface area contributed by atoms with Crippen LogP contribution in [0.15, 0.2) is 60.9 Å². The number of piperidine rings is 1. The number of nitrogens with zero attached hydrogens (tertiary/aromatic N) is 4. The maximum absolute atomic E-state index is 13.3. The summed E-state index contributed by atoms with van der Waals surface area (Å²) in [5.41, 5.74) is 5.25. The molecule has 0 aliphatic carbocycles. The molecule has 8 nitrogen and oxygen atoms in total. The maximum atomic E-state index is 13.3. The number of hydrogen-bond acceptors (Lipinski definition) is 5. The van der Waals surface area contributed by atoms with Crippen LogP contribution in [0.1, 0.15) is 39.9 Å². The van der Waals surface area contributed by atoms with Gasteiger partial charge in [0.05, 0.1) is 11.7 Å². The molecular weight excluding hydrogens is 440 g/mol. The average molecular weight is 467 g/mol. The van der Waals surface area contributed by atoms with Crippen LogP contribution >= 0.6 is 0 Å². The number of carbonyl (C=O) groups is 2. The molecule has 2 aliphatic rings. The lowest BCUT2D eigenvalue weighted by molar-refractivity contribution is 0.103. The van der Waals surface area contributed by atoms with Crippen LogP contribution in [-0.4, -0.2) is 51.0 Å². The molecule has 0 atom stereocenters. The van der Waals surface area contributed by atoms with Crippen molar-refractivity contribution in [1.82, 2.24) is 20.1 Å². The third-order valence-corrected chi connectivity index (χ3v) is 7.11. The zero-order valence-corrected chi connectivity index (χ0v) is 19.5. The molecule has 4 heterocycles. The van der Waals surface area contributed by atoms with Crippen LogP contribution in [-0.2, 0) is 6.54 Å². The number of aryl methyl sites for hydroxylation is 1. The van der Waals surface area contributed by atoms with Gasteiger partial charge < -0.3 is 15.1 Å².